The number of rotatable bonds is 7. The van der Waals surface area contributed by atoms with Crippen LogP contribution in [-0.4, -0.2) is 43.2 Å². The third-order valence-electron chi connectivity index (χ3n) is 6.80. The first-order chi connectivity index (χ1) is 16.4. The second-order valence-electron chi connectivity index (χ2n) is 8.90. The number of ether oxygens (including phenoxy) is 3. The highest BCUT2D eigenvalue weighted by atomic mass is 16.5. The van der Waals surface area contributed by atoms with Crippen LogP contribution in [0, 0.1) is 13.8 Å². The number of fused-ring (bicyclic) bond motifs is 1. The summed E-state index contributed by atoms with van der Waals surface area (Å²) in [7, 11) is 4.58. The van der Waals surface area contributed by atoms with Gasteiger partial charge in [0.15, 0.2) is 11.5 Å². The van der Waals surface area contributed by atoms with E-state index in [1.54, 1.807) is 12.1 Å². The number of pyridine rings is 1. The maximum atomic E-state index is 13.8. The van der Waals surface area contributed by atoms with Crippen molar-refractivity contribution in [1.29, 1.82) is 0 Å². The summed E-state index contributed by atoms with van der Waals surface area (Å²) in [5.41, 5.74) is 3.80. The van der Waals surface area contributed by atoms with Crippen LogP contribution in [0.15, 0.2) is 35.1 Å². The van der Waals surface area contributed by atoms with Crippen molar-refractivity contribution in [2.75, 3.05) is 21.3 Å². The van der Waals surface area contributed by atoms with E-state index in [4.69, 9.17) is 14.2 Å². The number of hydrogen-bond donors (Lipinski definition) is 1. The Bertz CT molecular complexity index is 1250. The number of benzene rings is 2. The maximum absolute atomic E-state index is 13.8. The van der Waals surface area contributed by atoms with E-state index in [-0.39, 0.29) is 24.1 Å². The lowest BCUT2D eigenvalue weighted by atomic mass is 10.0. The van der Waals surface area contributed by atoms with Crippen molar-refractivity contribution >= 4 is 16.8 Å². The molecule has 1 heterocycles. The summed E-state index contributed by atoms with van der Waals surface area (Å²) in [4.78, 5) is 31.7. The largest absolute Gasteiger partial charge is 0.493 e. The monoisotopic (exact) mass is 464 g/mol. The summed E-state index contributed by atoms with van der Waals surface area (Å²) in [6.07, 6.45) is 3.96. The van der Waals surface area contributed by atoms with Crippen LogP contribution in [0.5, 0.6) is 17.2 Å². The van der Waals surface area contributed by atoms with Gasteiger partial charge >= 0.3 is 0 Å². The summed E-state index contributed by atoms with van der Waals surface area (Å²) in [5, 5.41) is 1.00. The van der Waals surface area contributed by atoms with Gasteiger partial charge < -0.3 is 24.1 Å². The molecule has 1 fully saturated rings. The minimum atomic E-state index is -0.165. The van der Waals surface area contributed by atoms with Gasteiger partial charge in [-0.3, -0.25) is 9.59 Å². The van der Waals surface area contributed by atoms with Crippen LogP contribution in [0.4, 0.5) is 0 Å². The maximum Gasteiger partial charge on any atom is 0.254 e. The number of amides is 1. The molecule has 7 nitrogen and oxygen atoms in total. The molecule has 34 heavy (non-hydrogen) atoms. The van der Waals surface area contributed by atoms with Gasteiger partial charge in [-0.15, -0.1) is 0 Å². The van der Waals surface area contributed by atoms with Gasteiger partial charge in [0.2, 0.25) is 5.75 Å². The Balaban J connectivity index is 1.77. The molecule has 0 spiro atoms. The Labute approximate surface area is 199 Å². The Kier molecular flexibility index (Phi) is 6.82. The van der Waals surface area contributed by atoms with Crippen molar-refractivity contribution < 1.29 is 19.0 Å². The van der Waals surface area contributed by atoms with E-state index >= 15 is 0 Å². The molecule has 180 valence electrons. The Hall–Kier alpha value is -3.48. The zero-order chi connectivity index (χ0) is 24.4. The molecular formula is C27H32N2O5. The number of carbonyl (C=O) groups excluding carboxylic acids is 1. The molecule has 1 aliphatic carbocycles. The van der Waals surface area contributed by atoms with E-state index in [1.165, 1.54) is 21.3 Å². The molecule has 0 radical (unpaired) electrons. The molecule has 3 aromatic rings. The fraction of sp³-hybridized carbons (Fsp3) is 0.407. The van der Waals surface area contributed by atoms with E-state index in [0.717, 1.165) is 47.7 Å². The average Bonchev–Trinajstić information content (AvgIpc) is 3.38. The molecule has 0 saturated heterocycles. The van der Waals surface area contributed by atoms with Gasteiger partial charge in [0, 0.05) is 22.6 Å². The molecule has 1 N–H and O–H groups in total. The lowest BCUT2D eigenvalue weighted by molar-refractivity contribution is 0.0663. The van der Waals surface area contributed by atoms with E-state index in [0.29, 0.717) is 28.4 Å². The first-order valence-corrected chi connectivity index (χ1v) is 11.6. The van der Waals surface area contributed by atoms with Gasteiger partial charge in [0.25, 0.3) is 11.5 Å². The number of nitrogens with zero attached hydrogens (tertiary/aromatic N) is 1. The zero-order valence-corrected chi connectivity index (χ0v) is 20.5. The van der Waals surface area contributed by atoms with Crippen LogP contribution in [0.3, 0.4) is 0 Å². The van der Waals surface area contributed by atoms with Crippen LogP contribution >= 0.6 is 0 Å². The SMILES string of the molecule is COc1cc(C(=O)N(Cc2cc3c(C)ccc(C)c3[nH]c2=O)C2CCCC2)cc(OC)c1OC. The highest BCUT2D eigenvalue weighted by Gasteiger charge is 2.30. The lowest BCUT2D eigenvalue weighted by Crippen LogP contribution is -2.39. The van der Waals surface area contributed by atoms with Crippen LogP contribution in [-0.2, 0) is 6.54 Å². The van der Waals surface area contributed by atoms with Crippen LogP contribution in [0.25, 0.3) is 10.9 Å². The van der Waals surface area contributed by atoms with Crippen molar-refractivity contribution in [2.45, 2.75) is 52.1 Å². The van der Waals surface area contributed by atoms with E-state index in [9.17, 15) is 9.59 Å². The third-order valence-corrected chi connectivity index (χ3v) is 6.80. The number of aromatic nitrogens is 1. The zero-order valence-electron chi connectivity index (χ0n) is 20.5. The summed E-state index contributed by atoms with van der Waals surface area (Å²) in [6, 6.07) is 9.40. The fourth-order valence-electron chi connectivity index (χ4n) is 4.87. The molecule has 1 amide bonds. The van der Waals surface area contributed by atoms with Gasteiger partial charge in [0.1, 0.15) is 0 Å². The van der Waals surface area contributed by atoms with Crippen molar-refractivity contribution in [1.82, 2.24) is 9.88 Å². The number of hydrogen-bond acceptors (Lipinski definition) is 5. The number of aromatic amines is 1. The Morgan fingerprint density at radius 3 is 2.18 bits per heavy atom. The van der Waals surface area contributed by atoms with Crippen LogP contribution in [0.1, 0.15) is 52.7 Å². The molecule has 1 aromatic heterocycles. The Morgan fingerprint density at radius 1 is 0.971 bits per heavy atom. The third kappa shape index (κ3) is 4.34. The Morgan fingerprint density at radius 2 is 1.59 bits per heavy atom. The fourth-order valence-corrected chi connectivity index (χ4v) is 4.87. The predicted molar refractivity (Wildman–Crippen MR) is 132 cm³/mol. The van der Waals surface area contributed by atoms with Crippen molar-refractivity contribution in [3.63, 3.8) is 0 Å². The number of nitrogens with one attached hydrogen (secondary N) is 1. The second-order valence-corrected chi connectivity index (χ2v) is 8.90. The summed E-state index contributed by atoms with van der Waals surface area (Å²) >= 11 is 0. The van der Waals surface area contributed by atoms with E-state index < -0.39 is 0 Å². The predicted octanol–water partition coefficient (Wildman–Crippen LogP) is 4.76. The smallest absolute Gasteiger partial charge is 0.254 e. The second kappa shape index (κ2) is 9.79. The van der Waals surface area contributed by atoms with Crippen molar-refractivity contribution in [3.05, 3.63) is 62.9 Å². The number of carbonyl (C=O) groups is 1. The number of methoxy groups -OCH3 is 3. The number of aryl methyl sites for hydroxylation is 2. The molecule has 4 rings (SSSR count). The molecule has 0 atom stereocenters. The van der Waals surface area contributed by atoms with Crippen LogP contribution < -0.4 is 19.8 Å². The van der Waals surface area contributed by atoms with Gasteiger partial charge in [-0.05, 0) is 56.0 Å². The topological polar surface area (TPSA) is 80.9 Å². The highest BCUT2D eigenvalue weighted by molar-refractivity contribution is 5.96. The summed E-state index contributed by atoms with van der Waals surface area (Å²) in [5.74, 6) is 1.12. The molecule has 7 heteroatoms. The van der Waals surface area contributed by atoms with Gasteiger partial charge in [0.05, 0.1) is 33.4 Å². The van der Waals surface area contributed by atoms with E-state index in [1.807, 2.05) is 30.9 Å². The summed E-state index contributed by atoms with van der Waals surface area (Å²) in [6.45, 7) is 4.24. The van der Waals surface area contributed by atoms with Crippen LogP contribution in [0.2, 0.25) is 0 Å². The molecule has 0 aliphatic heterocycles. The van der Waals surface area contributed by atoms with Gasteiger partial charge in [-0.2, -0.15) is 0 Å². The quantitative estimate of drug-likeness (QED) is 0.546. The first kappa shape index (κ1) is 23.7. The molecule has 2 aromatic carbocycles. The molecule has 0 bridgehead atoms. The minimum absolute atomic E-state index is 0.0697. The normalized spacial score (nSPS) is 13.8. The molecule has 0 unspecified atom stereocenters. The standard InChI is InChI=1S/C27H32N2O5/c1-16-10-11-17(2)24-21(16)12-19(26(30)28-24)15-29(20-8-6-7-9-20)27(31)18-13-22(32-3)25(34-5)23(14-18)33-4/h10-14,20H,6-9,15H2,1-5H3,(H,28,30). The highest BCUT2D eigenvalue weighted by Crippen LogP contribution is 2.39. The number of H-pyrrole nitrogens is 1. The van der Waals surface area contributed by atoms with Gasteiger partial charge in [-0.25, -0.2) is 0 Å². The molecule has 1 aliphatic rings. The minimum Gasteiger partial charge on any atom is -0.493 e. The molecule has 1 saturated carbocycles. The average molecular weight is 465 g/mol. The first-order valence-electron chi connectivity index (χ1n) is 11.6. The van der Waals surface area contributed by atoms with Gasteiger partial charge in [-0.1, -0.05) is 25.0 Å². The van der Waals surface area contributed by atoms with Crippen molar-refractivity contribution in [2.24, 2.45) is 0 Å². The van der Waals surface area contributed by atoms with Crippen molar-refractivity contribution in [3.8, 4) is 17.2 Å². The molecular weight excluding hydrogens is 432 g/mol. The van der Waals surface area contributed by atoms with E-state index in [2.05, 4.69) is 11.1 Å². The summed E-state index contributed by atoms with van der Waals surface area (Å²) < 4.78 is 16.3. The lowest BCUT2D eigenvalue weighted by Gasteiger charge is -2.29.